The van der Waals surface area contributed by atoms with Crippen molar-refractivity contribution in [2.75, 3.05) is 5.32 Å². The van der Waals surface area contributed by atoms with E-state index in [0.29, 0.717) is 17.6 Å². The number of nitrogens with zero attached hydrogens (tertiary/aromatic N) is 2. The zero-order valence-electron chi connectivity index (χ0n) is 10.2. The summed E-state index contributed by atoms with van der Waals surface area (Å²) >= 11 is 6.03. The van der Waals surface area contributed by atoms with E-state index in [1.807, 2.05) is 0 Å². The predicted octanol–water partition coefficient (Wildman–Crippen LogP) is 2.42. The Hall–Kier alpha value is -1.03. The van der Waals surface area contributed by atoms with Crippen molar-refractivity contribution < 1.29 is 0 Å². The maximum absolute atomic E-state index is 11.6. The summed E-state index contributed by atoms with van der Waals surface area (Å²) in [7, 11) is 1.60. The topological polar surface area (TPSA) is 46.9 Å². The molecule has 17 heavy (non-hydrogen) atoms. The predicted molar refractivity (Wildman–Crippen MR) is 69.5 cm³/mol. The fourth-order valence-electron chi connectivity index (χ4n) is 2.34. The third kappa shape index (κ3) is 2.63. The van der Waals surface area contributed by atoms with E-state index in [4.69, 9.17) is 11.6 Å². The van der Waals surface area contributed by atoms with E-state index in [9.17, 15) is 4.79 Å². The summed E-state index contributed by atoms with van der Waals surface area (Å²) in [4.78, 5) is 11.6. The molecule has 2 rings (SSSR count). The van der Waals surface area contributed by atoms with E-state index in [1.165, 1.54) is 23.9 Å². The third-order valence-corrected chi connectivity index (χ3v) is 3.90. The Kier molecular flexibility index (Phi) is 3.72. The first kappa shape index (κ1) is 12.4. The van der Waals surface area contributed by atoms with Gasteiger partial charge in [-0.3, -0.25) is 4.79 Å². The lowest BCUT2D eigenvalue weighted by atomic mass is 9.86. The lowest BCUT2D eigenvalue weighted by Gasteiger charge is -2.30. The van der Waals surface area contributed by atoms with Gasteiger partial charge in [-0.1, -0.05) is 31.4 Å². The molecule has 1 N–H and O–H groups in total. The molecule has 0 amide bonds. The van der Waals surface area contributed by atoms with E-state index in [1.54, 1.807) is 13.2 Å². The molecular formula is C12H18ClN3O. The van der Waals surface area contributed by atoms with Crippen LogP contribution < -0.4 is 10.9 Å². The molecular weight excluding hydrogens is 238 g/mol. The number of aryl methyl sites for hydroxylation is 1. The Bertz CT molecular complexity index is 458. The standard InChI is InChI=1S/C12H18ClN3O/c1-8-5-3-4-6-9(8)15-10-7-14-16(2)12(17)11(10)13/h7-9,15H,3-6H2,1-2H3. The van der Waals surface area contributed by atoms with Crippen LogP contribution in [0.25, 0.3) is 0 Å². The Morgan fingerprint density at radius 1 is 1.47 bits per heavy atom. The largest absolute Gasteiger partial charge is 0.379 e. The first-order valence-corrected chi connectivity index (χ1v) is 6.45. The summed E-state index contributed by atoms with van der Waals surface area (Å²) < 4.78 is 1.25. The van der Waals surface area contributed by atoms with Crippen LogP contribution in [-0.2, 0) is 7.05 Å². The van der Waals surface area contributed by atoms with Crippen LogP contribution in [0.1, 0.15) is 32.6 Å². The van der Waals surface area contributed by atoms with Crippen molar-refractivity contribution in [3.63, 3.8) is 0 Å². The fourth-order valence-corrected chi connectivity index (χ4v) is 2.57. The maximum Gasteiger partial charge on any atom is 0.287 e. The minimum absolute atomic E-state index is 0.236. The van der Waals surface area contributed by atoms with Crippen LogP contribution >= 0.6 is 11.6 Å². The normalized spacial score (nSPS) is 24.6. The van der Waals surface area contributed by atoms with E-state index < -0.39 is 0 Å². The van der Waals surface area contributed by atoms with E-state index in [0.717, 1.165) is 6.42 Å². The van der Waals surface area contributed by atoms with Crippen LogP contribution in [0.5, 0.6) is 0 Å². The van der Waals surface area contributed by atoms with Gasteiger partial charge in [0.05, 0.1) is 11.9 Å². The number of aromatic nitrogens is 2. The van der Waals surface area contributed by atoms with E-state index in [-0.39, 0.29) is 10.6 Å². The van der Waals surface area contributed by atoms with Crippen LogP contribution in [0.3, 0.4) is 0 Å². The van der Waals surface area contributed by atoms with Gasteiger partial charge in [-0.25, -0.2) is 4.68 Å². The third-order valence-electron chi connectivity index (χ3n) is 3.53. The number of rotatable bonds is 2. The molecule has 94 valence electrons. The van der Waals surface area contributed by atoms with Gasteiger partial charge in [0.25, 0.3) is 5.56 Å². The average molecular weight is 256 g/mol. The lowest BCUT2D eigenvalue weighted by molar-refractivity contribution is 0.349. The monoisotopic (exact) mass is 255 g/mol. The van der Waals surface area contributed by atoms with Gasteiger partial charge in [-0.05, 0) is 18.8 Å². The molecule has 1 aromatic rings. The van der Waals surface area contributed by atoms with Crippen molar-refractivity contribution in [1.29, 1.82) is 0 Å². The first-order chi connectivity index (χ1) is 8.09. The van der Waals surface area contributed by atoms with Gasteiger partial charge < -0.3 is 5.32 Å². The van der Waals surface area contributed by atoms with Crippen LogP contribution in [0, 0.1) is 5.92 Å². The molecule has 0 bridgehead atoms. The summed E-state index contributed by atoms with van der Waals surface area (Å²) in [6, 6.07) is 0.398. The van der Waals surface area contributed by atoms with Gasteiger partial charge >= 0.3 is 0 Å². The Morgan fingerprint density at radius 3 is 2.88 bits per heavy atom. The second kappa shape index (κ2) is 5.08. The molecule has 0 saturated heterocycles. The first-order valence-electron chi connectivity index (χ1n) is 6.08. The zero-order valence-corrected chi connectivity index (χ0v) is 11.0. The highest BCUT2D eigenvalue weighted by atomic mass is 35.5. The quantitative estimate of drug-likeness (QED) is 0.883. The minimum atomic E-state index is -0.250. The Morgan fingerprint density at radius 2 is 2.18 bits per heavy atom. The van der Waals surface area contributed by atoms with Gasteiger partial charge in [-0.15, -0.1) is 0 Å². The fraction of sp³-hybridized carbons (Fsp3) is 0.667. The van der Waals surface area contributed by atoms with Gasteiger partial charge in [0.1, 0.15) is 5.02 Å². The molecule has 0 radical (unpaired) electrons. The number of nitrogens with one attached hydrogen (secondary N) is 1. The smallest absolute Gasteiger partial charge is 0.287 e. The summed E-state index contributed by atoms with van der Waals surface area (Å²) in [6.45, 7) is 2.24. The molecule has 0 aliphatic heterocycles. The SMILES string of the molecule is CC1CCCCC1Nc1cnn(C)c(=O)c1Cl. The van der Waals surface area contributed by atoms with Gasteiger partial charge in [0, 0.05) is 13.1 Å². The molecule has 5 heteroatoms. The molecule has 1 aliphatic carbocycles. The molecule has 4 nitrogen and oxygen atoms in total. The molecule has 2 atom stereocenters. The summed E-state index contributed by atoms with van der Waals surface area (Å²) in [5.74, 6) is 0.615. The van der Waals surface area contributed by atoms with Crippen molar-refractivity contribution in [1.82, 2.24) is 9.78 Å². The number of hydrogen-bond acceptors (Lipinski definition) is 3. The lowest BCUT2D eigenvalue weighted by Crippen LogP contribution is -2.31. The summed E-state index contributed by atoms with van der Waals surface area (Å²) in [5, 5.41) is 7.58. The highest BCUT2D eigenvalue weighted by Gasteiger charge is 2.22. The molecule has 1 fully saturated rings. The van der Waals surface area contributed by atoms with Crippen molar-refractivity contribution in [2.45, 2.75) is 38.6 Å². The summed E-state index contributed by atoms with van der Waals surface area (Å²) in [6.07, 6.45) is 6.52. The molecule has 1 aromatic heterocycles. The van der Waals surface area contributed by atoms with Crippen LogP contribution in [0.4, 0.5) is 5.69 Å². The minimum Gasteiger partial charge on any atom is -0.379 e. The van der Waals surface area contributed by atoms with Crippen LogP contribution in [0.2, 0.25) is 5.02 Å². The van der Waals surface area contributed by atoms with Gasteiger partial charge in [-0.2, -0.15) is 5.10 Å². The number of halogens is 1. The molecule has 2 unspecified atom stereocenters. The van der Waals surface area contributed by atoms with E-state index >= 15 is 0 Å². The molecule has 1 aliphatic rings. The van der Waals surface area contributed by atoms with Crippen molar-refractivity contribution in [3.05, 3.63) is 21.6 Å². The second-order valence-electron chi connectivity index (χ2n) is 4.81. The Balaban J connectivity index is 2.18. The van der Waals surface area contributed by atoms with Gasteiger partial charge in [0.15, 0.2) is 0 Å². The van der Waals surface area contributed by atoms with Gasteiger partial charge in [0.2, 0.25) is 0 Å². The maximum atomic E-state index is 11.6. The molecule has 0 spiro atoms. The van der Waals surface area contributed by atoms with Crippen molar-refractivity contribution in [2.24, 2.45) is 13.0 Å². The average Bonchev–Trinajstić information content (AvgIpc) is 2.32. The summed E-state index contributed by atoms with van der Waals surface area (Å²) in [5.41, 5.74) is 0.411. The molecule has 1 heterocycles. The molecule has 0 aromatic carbocycles. The number of hydrogen-bond donors (Lipinski definition) is 1. The number of anilines is 1. The van der Waals surface area contributed by atoms with Crippen molar-refractivity contribution in [3.8, 4) is 0 Å². The zero-order chi connectivity index (χ0) is 12.4. The van der Waals surface area contributed by atoms with Crippen LogP contribution in [-0.4, -0.2) is 15.8 Å². The van der Waals surface area contributed by atoms with E-state index in [2.05, 4.69) is 17.3 Å². The second-order valence-corrected chi connectivity index (χ2v) is 5.19. The molecule has 1 saturated carbocycles. The van der Waals surface area contributed by atoms with Crippen LogP contribution in [0.15, 0.2) is 11.0 Å². The highest BCUT2D eigenvalue weighted by molar-refractivity contribution is 6.32. The van der Waals surface area contributed by atoms with Crippen molar-refractivity contribution >= 4 is 17.3 Å². The highest BCUT2D eigenvalue weighted by Crippen LogP contribution is 2.28. The Labute approximate surface area is 106 Å².